The summed E-state index contributed by atoms with van der Waals surface area (Å²) in [6.07, 6.45) is 1.53. The highest BCUT2D eigenvalue weighted by Crippen LogP contribution is 2.33. The summed E-state index contributed by atoms with van der Waals surface area (Å²) in [4.78, 5) is 38.2. The summed E-state index contributed by atoms with van der Waals surface area (Å²) in [6.45, 7) is -0.424. The monoisotopic (exact) mass is 414 g/mol. The van der Waals surface area contributed by atoms with Gasteiger partial charge in [0.05, 0.1) is 10.6 Å². The minimum absolute atomic E-state index is 0.203. The average Bonchev–Trinajstić information content (AvgIpc) is 3.25. The average molecular weight is 415 g/mol. The largest absolute Gasteiger partial charge is 0.322 e. The van der Waals surface area contributed by atoms with Crippen LogP contribution in [0.3, 0.4) is 0 Å². The van der Waals surface area contributed by atoms with Crippen molar-refractivity contribution in [2.24, 2.45) is 0 Å². The van der Waals surface area contributed by atoms with Crippen molar-refractivity contribution in [3.05, 3.63) is 58.0 Å². The van der Waals surface area contributed by atoms with Crippen LogP contribution in [0.25, 0.3) is 17.1 Å². The van der Waals surface area contributed by atoms with Gasteiger partial charge in [-0.3, -0.25) is 19.3 Å². The van der Waals surface area contributed by atoms with Gasteiger partial charge in [-0.1, -0.05) is 35.9 Å². The molecule has 28 heavy (non-hydrogen) atoms. The predicted molar refractivity (Wildman–Crippen MR) is 105 cm³/mol. The van der Waals surface area contributed by atoms with Crippen molar-refractivity contribution in [2.75, 3.05) is 11.9 Å². The molecular formula is C18H11ClN4O4S. The van der Waals surface area contributed by atoms with Gasteiger partial charge in [-0.2, -0.15) is 0 Å². The lowest BCUT2D eigenvalue weighted by atomic mass is 10.2. The van der Waals surface area contributed by atoms with E-state index in [9.17, 15) is 14.4 Å². The molecule has 1 fully saturated rings. The number of amides is 3. The lowest BCUT2D eigenvalue weighted by Crippen LogP contribution is -2.36. The zero-order valence-electron chi connectivity index (χ0n) is 14.1. The van der Waals surface area contributed by atoms with E-state index in [2.05, 4.69) is 20.3 Å². The number of nitrogens with one attached hydrogen (secondary N) is 1. The standard InChI is InChI=1S/C18H11ClN4O4S/c19-11-5-2-1-4-10(11)8-14-17(25)23(18(26)28-14)9-15(24)20-12-6-3-7-13-16(12)22-27-21-13/h1-8H,9H2,(H,20,24)/b14-8-. The van der Waals surface area contributed by atoms with Crippen LogP contribution in [0.5, 0.6) is 0 Å². The highest BCUT2D eigenvalue weighted by atomic mass is 35.5. The summed E-state index contributed by atoms with van der Waals surface area (Å²) in [5.41, 5.74) is 1.85. The lowest BCUT2D eigenvalue weighted by molar-refractivity contribution is -0.127. The van der Waals surface area contributed by atoms with Gasteiger partial charge in [-0.05, 0) is 51.9 Å². The van der Waals surface area contributed by atoms with Crippen molar-refractivity contribution in [3.63, 3.8) is 0 Å². The van der Waals surface area contributed by atoms with Gasteiger partial charge in [0, 0.05) is 5.02 Å². The third-order valence-electron chi connectivity index (χ3n) is 3.93. The number of thioether (sulfide) groups is 1. The summed E-state index contributed by atoms with van der Waals surface area (Å²) >= 11 is 6.85. The summed E-state index contributed by atoms with van der Waals surface area (Å²) in [5.74, 6) is -1.09. The van der Waals surface area contributed by atoms with E-state index in [1.807, 2.05) is 0 Å². The Morgan fingerprint density at radius 3 is 2.82 bits per heavy atom. The van der Waals surface area contributed by atoms with E-state index in [1.165, 1.54) is 6.08 Å². The predicted octanol–water partition coefficient (Wildman–Crippen LogP) is 3.55. The maximum absolute atomic E-state index is 12.5. The van der Waals surface area contributed by atoms with Gasteiger partial charge < -0.3 is 5.32 Å². The number of carbonyl (C=O) groups excluding carboxylic acids is 3. The number of carbonyl (C=O) groups is 3. The number of hydrogen-bond donors (Lipinski definition) is 1. The second-order valence-electron chi connectivity index (χ2n) is 5.78. The molecule has 0 atom stereocenters. The molecule has 0 radical (unpaired) electrons. The normalized spacial score (nSPS) is 15.6. The molecule has 8 nitrogen and oxygen atoms in total. The maximum atomic E-state index is 12.5. The summed E-state index contributed by atoms with van der Waals surface area (Å²) in [6, 6.07) is 11.9. The van der Waals surface area contributed by atoms with Crippen LogP contribution in [0.1, 0.15) is 5.56 Å². The Kier molecular flexibility index (Phi) is 4.84. The number of nitrogens with zero attached hydrogens (tertiary/aromatic N) is 3. The fraction of sp³-hybridized carbons (Fsp3) is 0.0556. The maximum Gasteiger partial charge on any atom is 0.294 e. The number of imide groups is 1. The second-order valence-corrected chi connectivity index (χ2v) is 7.18. The fourth-order valence-corrected chi connectivity index (χ4v) is 3.63. The third-order valence-corrected chi connectivity index (χ3v) is 5.18. The van der Waals surface area contributed by atoms with Crippen molar-refractivity contribution < 1.29 is 19.0 Å². The van der Waals surface area contributed by atoms with Crippen LogP contribution < -0.4 is 5.32 Å². The first-order valence-corrected chi connectivity index (χ1v) is 9.23. The zero-order chi connectivity index (χ0) is 19.7. The minimum Gasteiger partial charge on any atom is -0.322 e. The Morgan fingerprint density at radius 1 is 1.18 bits per heavy atom. The molecule has 3 aromatic rings. The number of fused-ring (bicyclic) bond motifs is 1. The molecule has 140 valence electrons. The van der Waals surface area contributed by atoms with E-state index in [4.69, 9.17) is 11.6 Å². The highest BCUT2D eigenvalue weighted by molar-refractivity contribution is 8.18. The zero-order valence-corrected chi connectivity index (χ0v) is 15.7. The van der Waals surface area contributed by atoms with Gasteiger partial charge in [0.2, 0.25) is 5.91 Å². The van der Waals surface area contributed by atoms with Crippen LogP contribution in [0, 0.1) is 0 Å². The summed E-state index contributed by atoms with van der Waals surface area (Å²) in [5, 5.41) is 9.97. The molecule has 2 aromatic carbocycles. The first kappa shape index (κ1) is 18.2. The molecule has 1 N–H and O–H groups in total. The number of aromatic nitrogens is 2. The Morgan fingerprint density at radius 2 is 2.00 bits per heavy atom. The van der Waals surface area contributed by atoms with Crippen molar-refractivity contribution >= 4 is 63.2 Å². The van der Waals surface area contributed by atoms with Gasteiger partial charge >= 0.3 is 0 Å². The van der Waals surface area contributed by atoms with Crippen LogP contribution in [0.4, 0.5) is 10.5 Å². The first-order chi connectivity index (χ1) is 13.5. The molecule has 0 spiro atoms. The molecule has 1 aliphatic heterocycles. The molecule has 1 aliphatic rings. The molecule has 0 saturated carbocycles. The molecule has 0 aliphatic carbocycles. The molecule has 2 heterocycles. The number of halogens is 1. The van der Waals surface area contributed by atoms with Crippen molar-refractivity contribution in [1.82, 2.24) is 15.2 Å². The van der Waals surface area contributed by atoms with Crippen LogP contribution in [-0.2, 0) is 9.59 Å². The van der Waals surface area contributed by atoms with Crippen LogP contribution >= 0.6 is 23.4 Å². The Balaban J connectivity index is 1.49. The summed E-state index contributed by atoms with van der Waals surface area (Å²) in [7, 11) is 0. The van der Waals surface area contributed by atoms with E-state index in [1.54, 1.807) is 42.5 Å². The number of benzene rings is 2. The van der Waals surface area contributed by atoms with Gasteiger partial charge in [0.15, 0.2) is 5.52 Å². The highest BCUT2D eigenvalue weighted by Gasteiger charge is 2.36. The Bertz CT molecular complexity index is 1140. The van der Waals surface area contributed by atoms with E-state index in [-0.39, 0.29) is 4.91 Å². The first-order valence-electron chi connectivity index (χ1n) is 8.04. The van der Waals surface area contributed by atoms with Gasteiger partial charge in [0.1, 0.15) is 12.1 Å². The molecule has 0 bridgehead atoms. The van der Waals surface area contributed by atoms with E-state index in [0.29, 0.717) is 27.3 Å². The number of hydrogen-bond acceptors (Lipinski definition) is 7. The smallest absolute Gasteiger partial charge is 0.294 e. The quantitative estimate of drug-likeness (QED) is 0.650. The third kappa shape index (κ3) is 3.49. The van der Waals surface area contributed by atoms with Gasteiger partial charge in [-0.25, -0.2) is 4.63 Å². The molecule has 3 amide bonds. The lowest BCUT2D eigenvalue weighted by Gasteiger charge is -2.12. The Hall–Kier alpha value is -3.17. The fourth-order valence-electron chi connectivity index (χ4n) is 2.61. The van der Waals surface area contributed by atoms with Crippen molar-refractivity contribution in [1.29, 1.82) is 0 Å². The van der Waals surface area contributed by atoms with Gasteiger partial charge in [-0.15, -0.1) is 0 Å². The van der Waals surface area contributed by atoms with E-state index < -0.39 is 23.6 Å². The van der Waals surface area contributed by atoms with Crippen LogP contribution in [0.2, 0.25) is 5.02 Å². The molecular weight excluding hydrogens is 404 g/mol. The molecule has 1 aromatic heterocycles. The number of anilines is 1. The van der Waals surface area contributed by atoms with Crippen molar-refractivity contribution in [2.45, 2.75) is 0 Å². The van der Waals surface area contributed by atoms with E-state index in [0.717, 1.165) is 16.7 Å². The molecule has 10 heteroatoms. The van der Waals surface area contributed by atoms with E-state index >= 15 is 0 Å². The number of rotatable bonds is 4. The molecule has 0 unspecified atom stereocenters. The second kappa shape index (κ2) is 7.45. The molecule has 1 saturated heterocycles. The summed E-state index contributed by atoms with van der Waals surface area (Å²) < 4.78 is 4.64. The SMILES string of the molecule is O=C(CN1C(=O)S/C(=C\c2ccccc2Cl)C1=O)Nc1cccc2nonc12. The molecule has 4 rings (SSSR count). The van der Waals surface area contributed by atoms with Crippen LogP contribution in [-0.4, -0.2) is 38.8 Å². The minimum atomic E-state index is -0.550. The topological polar surface area (TPSA) is 105 Å². The van der Waals surface area contributed by atoms with Crippen LogP contribution in [0.15, 0.2) is 52.0 Å². The van der Waals surface area contributed by atoms with Crippen molar-refractivity contribution in [3.8, 4) is 0 Å². The Labute approximate surface area is 167 Å². The van der Waals surface area contributed by atoms with Gasteiger partial charge in [0.25, 0.3) is 11.1 Å².